The van der Waals surface area contributed by atoms with Crippen molar-refractivity contribution in [3.63, 3.8) is 0 Å². The summed E-state index contributed by atoms with van der Waals surface area (Å²) in [6.07, 6.45) is 3.29. The molecule has 0 saturated carbocycles. The van der Waals surface area contributed by atoms with Gasteiger partial charge >= 0.3 is 0 Å². The van der Waals surface area contributed by atoms with Crippen LogP contribution >= 0.6 is 0 Å². The van der Waals surface area contributed by atoms with Crippen LogP contribution in [-0.4, -0.2) is 46.2 Å². The van der Waals surface area contributed by atoms with E-state index in [0.29, 0.717) is 24.2 Å². The van der Waals surface area contributed by atoms with Gasteiger partial charge in [0.2, 0.25) is 5.91 Å². The maximum Gasteiger partial charge on any atom is 0.269 e. The van der Waals surface area contributed by atoms with Crippen molar-refractivity contribution in [3.8, 4) is 0 Å². The number of hydrogen-bond acceptors (Lipinski definition) is 4. The molecule has 0 unspecified atom stereocenters. The van der Waals surface area contributed by atoms with Crippen molar-refractivity contribution in [3.05, 3.63) is 40.8 Å². The summed E-state index contributed by atoms with van der Waals surface area (Å²) in [7, 11) is 0. The van der Waals surface area contributed by atoms with Gasteiger partial charge in [-0.1, -0.05) is 12.1 Å². The number of aromatic nitrogens is 2. The van der Waals surface area contributed by atoms with Gasteiger partial charge in [0.05, 0.1) is 23.3 Å². The molecule has 2 aromatic rings. The lowest BCUT2D eigenvalue weighted by Crippen LogP contribution is -2.45. The van der Waals surface area contributed by atoms with Crippen LogP contribution in [0.15, 0.2) is 35.3 Å². The molecular weight excluding hydrogens is 294 g/mol. The van der Waals surface area contributed by atoms with Crippen LogP contribution in [0.5, 0.6) is 0 Å². The quantitative estimate of drug-likeness (QED) is 0.856. The standard InChI is InChI=1S/C17H21N3O3/c1-2-23-13-6-5-9-19(11-13)17(22)12-20-15-8-4-3-7-14(15)18-10-16(20)21/h3-4,7-8,10,13H,2,5-6,9,11-12H2,1H3/t13-/m0/s1. The summed E-state index contributed by atoms with van der Waals surface area (Å²) in [5.74, 6) is -0.0483. The van der Waals surface area contributed by atoms with Gasteiger partial charge in [-0.15, -0.1) is 0 Å². The fourth-order valence-electron chi connectivity index (χ4n) is 3.05. The van der Waals surface area contributed by atoms with Gasteiger partial charge in [0.15, 0.2) is 0 Å². The zero-order chi connectivity index (χ0) is 16.2. The minimum absolute atomic E-state index is 0.0424. The van der Waals surface area contributed by atoms with E-state index < -0.39 is 0 Å². The Hall–Kier alpha value is -2.21. The first kappa shape index (κ1) is 15.7. The molecule has 1 fully saturated rings. The lowest BCUT2D eigenvalue weighted by Gasteiger charge is -2.32. The van der Waals surface area contributed by atoms with Crippen molar-refractivity contribution in [1.29, 1.82) is 0 Å². The van der Waals surface area contributed by atoms with Gasteiger partial charge in [0, 0.05) is 19.7 Å². The monoisotopic (exact) mass is 315 g/mol. The molecule has 0 spiro atoms. The van der Waals surface area contributed by atoms with Gasteiger partial charge in [-0.25, -0.2) is 4.98 Å². The van der Waals surface area contributed by atoms with E-state index in [4.69, 9.17) is 4.74 Å². The van der Waals surface area contributed by atoms with E-state index in [1.165, 1.54) is 10.8 Å². The summed E-state index contributed by atoms with van der Waals surface area (Å²) in [6, 6.07) is 7.36. The van der Waals surface area contributed by atoms with Crippen LogP contribution in [0.25, 0.3) is 11.0 Å². The van der Waals surface area contributed by atoms with Crippen LogP contribution in [0, 0.1) is 0 Å². The van der Waals surface area contributed by atoms with Crippen LogP contribution in [0.1, 0.15) is 19.8 Å². The fourth-order valence-corrected chi connectivity index (χ4v) is 3.05. The molecule has 3 rings (SSSR count). The predicted molar refractivity (Wildman–Crippen MR) is 87.2 cm³/mol. The molecule has 23 heavy (non-hydrogen) atoms. The first-order valence-electron chi connectivity index (χ1n) is 8.03. The lowest BCUT2D eigenvalue weighted by atomic mass is 10.1. The van der Waals surface area contributed by atoms with Gasteiger partial charge < -0.3 is 9.64 Å². The summed E-state index contributed by atoms with van der Waals surface area (Å²) < 4.78 is 7.13. The summed E-state index contributed by atoms with van der Waals surface area (Å²) in [4.78, 5) is 30.6. The second kappa shape index (κ2) is 6.91. The second-order valence-corrected chi connectivity index (χ2v) is 5.73. The van der Waals surface area contributed by atoms with E-state index in [1.54, 1.807) is 4.90 Å². The highest BCUT2D eigenvalue weighted by Gasteiger charge is 2.24. The zero-order valence-electron chi connectivity index (χ0n) is 13.3. The van der Waals surface area contributed by atoms with E-state index in [0.717, 1.165) is 19.4 Å². The number of para-hydroxylation sites is 2. The highest BCUT2D eigenvalue weighted by Crippen LogP contribution is 2.14. The molecule has 1 aliphatic rings. The Balaban J connectivity index is 1.80. The molecule has 6 heteroatoms. The number of piperidine rings is 1. The maximum atomic E-state index is 12.6. The number of carbonyl (C=O) groups excluding carboxylic acids is 1. The molecule has 1 aromatic carbocycles. The number of ether oxygens (including phenoxy) is 1. The van der Waals surface area contributed by atoms with Crippen LogP contribution in [0.2, 0.25) is 0 Å². The third-order valence-corrected chi connectivity index (χ3v) is 4.18. The van der Waals surface area contributed by atoms with Gasteiger partial charge in [0.25, 0.3) is 5.56 Å². The van der Waals surface area contributed by atoms with Crippen molar-refractivity contribution >= 4 is 16.9 Å². The third-order valence-electron chi connectivity index (χ3n) is 4.18. The first-order chi connectivity index (χ1) is 11.2. The Morgan fingerprint density at radius 1 is 1.39 bits per heavy atom. The molecule has 6 nitrogen and oxygen atoms in total. The van der Waals surface area contributed by atoms with E-state index in [1.807, 2.05) is 31.2 Å². The molecule has 0 aliphatic carbocycles. The minimum atomic E-state index is -0.254. The van der Waals surface area contributed by atoms with Crippen LogP contribution in [0.4, 0.5) is 0 Å². The van der Waals surface area contributed by atoms with Crippen LogP contribution in [-0.2, 0) is 16.1 Å². The second-order valence-electron chi connectivity index (χ2n) is 5.73. The molecule has 0 bridgehead atoms. The molecule has 1 saturated heterocycles. The maximum absolute atomic E-state index is 12.6. The number of hydrogen-bond donors (Lipinski definition) is 0. The Kier molecular flexibility index (Phi) is 4.71. The van der Waals surface area contributed by atoms with E-state index in [9.17, 15) is 9.59 Å². The van der Waals surface area contributed by atoms with E-state index >= 15 is 0 Å². The average Bonchev–Trinajstić information content (AvgIpc) is 2.58. The Morgan fingerprint density at radius 3 is 3.04 bits per heavy atom. The normalized spacial score (nSPS) is 18.3. The number of nitrogens with zero attached hydrogens (tertiary/aromatic N) is 3. The fraction of sp³-hybridized carbons (Fsp3) is 0.471. The average molecular weight is 315 g/mol. The molecular formula is C17H21N3O3. The molecule has 1 aliphatic heterocycles. The van der Waals surface area contributed by atoms with Crippen molar-refractivity contribution in [2.75, 3.05) is 19.7 Å². The lowest BCUT2D eigenvalue weighted by molar-refractivity contribution is -0.135. The topological polar surface area (TPSA) is 64.4 Å². The predicted octanol–water partition coefficient (Wildman–Crippen LogP) is 1.42. The number of benzene rings is 1. The number of amides is 1. The van der Waals surface area contributed by atoms with E-state index in [2.05, 4.69) is 4.98 Å². The van der Waals surface area contributed by atoms with Gasteiger partial charge in [-0.05, 0) is 31.9 Å². The van der Waals surface area contributed by atoms with Crippen molar-refractivity contribution < 1.29 is 9.53 Å². The minimum Gasteiger partial charge on any atom is -0.377 e. The summed E-state index contributed by atoms with van der Waals surface area (Å²) in [5, 5.41) is 0. The van der Waals surface area contributed by atoms with Gasteiger partial charge in [-0.3, -0.25) is 14.2 Å². The van der Waals surface area contributed by atoms with E-state index in [-0.39, 0.29) is 24.1 Å². The SMILES string of the molecule is CCO[C@H]1CCCN(C(=O)Cn2c(=O)cnc3ccccc32)C1. The number of likely N-dealkylation sites (tertiary alicyclic amines) is 1. The molecule has 1 atom stereocenters. The van der Waals surface area contributed by atoms with Crippen LogP contribution < -0.4 is 5.56 Å². The van der Waals surface area contributed by atoms with Gasteiger partial charge in [-0.2, -0.15) is 0 Å². The zero-order valence-corrected chi connectivity index (χ0v) is 13.3. The summed E-state index contributed by atoms with van der Waals surface area (Å²) in [5.41, 5.74) is 1.15. The smallest absolute Gasteiger partial charge is 0.269 e. The molecule has 122 valence electrons. The van der Waals surface area contributed by atoms with Crippen LogP contribution in [0.3, 0.4) is 0 Å². The van der Waals surface area contributed by atoms with Crippen molar-refractivity contribution in [2.45, 2.75) is 32.4 Å². The van der Waals surface area contributed by atoms with Gasteiger partial charge in [0.1, 0.15) is 6.54 Å². The molecule has 0 radical (unpaired) electrons. The molecule has 0 N–H and O–H groups in total. The molecule has 1 aromatic heterocycles. The number of rotatable bonds is 4. The summed E-state index contributed by atoms with van der Waals surface area (Å²) >= 11 is 0. The highest BCUT2D eigenvalue weighted by molar-refractivity contribution is 5.80. The summed E-state index contributed by atoms with van der Waals surface area (Å²) in [6.45, 7) is 3.98. The highest BCUT2D eigenvalue weighted by atomic mass is 16.5. The van der Waals surface area contributed by atoms with Crippen molar-refractivity contribution in [2.24, 2.45) is 0 Å². The molecule has 1 amide bonds. The Morgan fingerprint density at radius 2 is 2.22 bits per heavy atom. The third kappa shape index (κ3) is 3.42. The number of fused-ring (bicyclic) bond motifs is 1. The molecule has 2 heterocycles. The largest absolute Gasteiger partial charge is 0.377 e. The Bertz CT molecular complexity index is 754. The Labute approximate surface area is 134 Å². The van der Waals surface area contributed by atoms with Crippen molar-refractivity contribution in [1.82, 2.24) is 14.5 Å². The number of carbonyl (C=O) groups is 1. The first-order valence-corrected chi connectivity index (χ1v) is 8.03.